The van der Waals surface area contributed by atoms with Crippen LogP contribution in [-0.4, -0.2) is 62.9 Å². The molecule has 1 saturated carbocycles. The third kappa shape index (κ3) is 5.89. The van der Waals surface area contributed by atoms with Crippen molar-refractivity contribution in [1.82, 2.24) is 10.2 Å². The molecule has 0 radical (unpaired) electrons. The van der Waals surface area contributed by atoms with Crippen molar-refractivity contribution in [3.05, 3.63) is 0 Å². The van der Waals surface area contributed by atoms with Gasteiger partial charge in [-0.25, -0.2) is 0 Å². The van der Waals surface area contributed by atoms with E-state index in [1.54, 1.807) is 7.11 Å². The van der Waals surface area contributed by atoms with Crippen LogP contribution in [0.1, 0.15) is 33.1 Å². The second kappa shape index (κ2) is 8.51. The van der Waals surface area contributed by atoms with Crippen LogP contribution < -0.4 is 5.32 Å². The third-order valence-electron chi connectivity index (χ3n) is 3.71. The fraction of sp³-hybridized carbons (Fsp3) is 0.929. The average molecular weight is 272 g/mol. The lowest BCUT2D eigenvalue weighted by Gasteiger charge is -2.31. The first kappa shape index (κ1) is 16.4. The zero-order valence-electron chi connectivity index (χ0n) is 12.6. The van der Waals surface area contributed by atoms with Gasteiger partial charge in [0, 0.05) is 32.3 Å². The molecular formula is C14H28N2O3. The number of nitrogens with one attached hydrogen (secondary N) is 1. The topological polar surface area (TPSA) is 50.8 Å². The fourth-order valence-electron chi connectivity index (χ4n) is 2.06. The lowest BCUT2D eigenvalue weighted by atomic mass is 10.1. The summed E-state index contributed by atoms with van der Waals surface area (Å²) in [6, 6.07) is 0.692. The highest BCUT2D eigenvalue weighted by Gasteiger charge is 2.30. The van der Waals surface area contributed by atoms with Gasteiger partial charge in [-0.3, -0.25) is 9.69 Å². The minimum atomic E-state index is -0.233. The molecule has 112 valence electrons. The quantitative estimate of drug-likeness (QED) is 0.602. The van der Waals surface area contributed by atoms with E-state index in [1.807, 2.05) is 0 Å². The van der Waals surface area contributed by atoms with Gasteiger partial charge in [-0.15, -0.1) is 0 Å². The van der Waals surface area contributed by atoms with Crippen molar-refractivity contribution in [2.75, 3.05) is 33.9 Å². The summed E-state index contributed by atoms with van der Waals surface area (Å²) in [5.74, 6) is -0.169. The van der Waals surface area contributed by atoms with E-state index in [2.05, 4.69) is 24.1 Å². The molecule has 1 aliphatic carbocycles. The van der Waals surface area contributed by atoms with Crippen LogP contribution in [0.4, 0.5) is 0 Å². The van der Waals surface area contributed by atoms with Gasteiger partial charge < -0.3 is 14.8 Å². The van der Waals surface area contributed by atoms with Crippen LogP contribution in [-0.2, 0) is 14.3 Å². The van der Waals surface area contributed by atoms with Crippen molar-refractivity contribution in [1.29, 1.82) is 0 Å². The Balaban J connectivity index is 2.56. The zero-order chi connectivity index (χ0) is 14.3. The molecule has 0 aromatic heterocycles. The SMILES string of the molecule is CCC(C)N(CCOC)CC(NC1CC1)C(=O)OC. The van der Waals surface area contributed by atoms with E-state index in [-0.39, 0.29) is 12.0 Å². The van der Waals surface area contributed by atoms with Crippen LogP contribution in [0.15, 0.2) is 0 Å². The van der Waals surface area contributed by atoms with Crippen molar-refractivity contribution < 1.29 is 14.3 Å². The van der Waals surface area contributed by atoms with Crippen LogP contribution in [0.2, 0.25) is 0 Å². The van der Waals surface area contributed by atoms with Crippen molar-refractivity contribution in [3.8, 4) is 0 Å². The van der Waals surface area contributed by atoms with Gasteiger partial charge in [0.25, 0.3) is 0 Å². The molecule has 5 nitrogen and oxygen atoms in total. The van der Waals surface area contributed by atoms with Crippen LogP contribution in [0.25, 0.3) is 0 Å². The van der Waals surface area contributed by atoms with E-state index < -0.39 is 0 Å². The monoisotopic (exact) mass is 272 g/mol. The highest BCUT2D eigenvalue weighted by atomic mass is 16.5. The summed E-state index contributed by atoms with van der Waals surface area (Å²) in [6.07, 6.45) is 3.38. The van der Waals surface area contributed by atoms with Gasteiger partial charge in [-0.2, -0.15) is 0 Å². The molecule has 19 heavy (non-hydrogen) atoms. The molecule has 0 saturated heterocycles. The Morgan fingerprint density at radius 2 is 2.11 bits per heavy atom. The van der Waals surface area contributed by atoms with Gasteiger partial charge in [-0.1, -0.05) is 6.92 Å². The Hall–Kier alpha value is -0.650. The summed E-state index contributed by atoms with van der Waals surface area (Å²) in [4.78, 5) is 14.1. The summed E-state index contributed by atoms with van der Waals surface area (Å²) < 4.78 is 10.1. The maximum Gasteiger partial charge on any atom is 0.324 e. The van der Waals surface area contributed by atoms with Crippen LogP contribution in [0.5, 0.6) is 0 Å². The highest BCUT2D eigenvalue weighted by Crippen LogP contribution is 2.20. The molecule has 5 heteroatoms. The molecule has 0 amide bonds. The number of rotatable bonds is 10. The second-order valence-electron chi connectivity index (χ2n) is 5.26. The van der Waals surface area contributed by atoms with Gasteiger partial charge in [0.15, 0.2) is 0 Å². The molecule has 1 aliphatic rings. The Morgan fingerprint density at radius 3 is 2.58 bits per heavy atom. The molecule has 0 aromatic rings. The lowest BCUT2D eigenvalue weighted by Crippen LogP contribution is -2.50. The molecule has 0 aliphatic heterocycles. The predicted molar refractivity (Wildman–Crippen MR) is 75.2 cm³/mol. The molecule has 0 spiro atoms. The van der Waals surface area contributed by atoms with E-state index in [9.17, 15) is 4.79 Å². The molecule has 1 rings (SSSR count). The summed E-state index contributed by atoms with van der Waals surface area (Å²) >= 11 is 0. The zero-order valence-corrected chi connectivity index (χ0v) is 12.6. The van der Waals surface area contributed by atoms with Crippen LogP contribution >= 0.6 is 0 Å². The molecule has 0 aromatic carbocycles. The minimum Gasteiger partial charge on any atom is -0.468 e. The number of ether oxygens (including phenoxy) is 2. The summed E-state index contributed by atoms with van der Waals surface area (Å²) in [5.41, 5.74) is 0. The van der Waals surface area contributed by atoms with Crippen LogP contribution in [0.3, 0.4) is 0 Å². The average Bonchev–Trinajstić information content (AvgIpc) is 3.24. The minimum absolute atomic E-state index is 0.169. The van der Waals surface area contributed by atoms with Gasteiger partial charge >= 0.3 is 5.97 Å². The number of hydrogen-bond donors (Lipinski definition) is 1. The first-order chi connectivity index (χ1) is 9.12. The molecule has 2 atom stereocenters. The number of hydrogen-bond acceptors (Lipinski definition) is 5. The molecule has 2 unspecified atom stereocenters. The normalized spacial score (nSPS) is 18.4. The first-order valence-corrected chi connectivity index (χ1v) is 7.19. The smallest absolute Gasteiger partial charge is 0.324 e. The van der Waals surface area contributed by atoms with Crippen molar-refractivity contribution in [2.45, 2.75) is 51.2 Å². The molecular weight excluding hydrogens is 244 g/mol. The van der Waals surface area contributed by atoms with E-state index in [0.717, 1.165) is 25.8 Å². The Kier molecular flexibility index (Phi) is 7.34. The number of carbonyl (C=O) groups is 1. The van der Waals surface area contributed by atoms with Crippen molar-refractivity contribution in [2.24, 2.45) is 0 Å². The van der Waals surface area contributed by atoms with Crippen LogP contribution in [0, 0.1) is 0 Å². The summed E-state index contributed by atoms with van der Waals surface area (Å²) in [7, 11) is 3.15. The van der Waals surface area contributed by atoms with E-state index in [4.69, 9.17) is 9.47 Å². The lowest BCUT2D eigenvalue weighted by molar-refractivity contribution is -0.144. The van der Waals surface area contributed by atoms with Gasteiger partial charge in [-0.05, 0) is 26.2 Å². The third-order valence-corrected chi connectivity index (χ3v) is 3.71. The predicted octanol–water partition coefficient (Wildman–Crippen LogP) is 1.03. The summed E-state index contributed by atoms with van der Waals surface area (Å²) in [5, 5.41) is 3.37. The van der Waals surface area contributed by atoms with Gasteiger partial charge in [0.05, 0.1) is 13.7 Å². The van der Waals surface area contributed by atoms with Gasteiger partial charge in [0.2, 0.25) is 0 Å². The van der Waals surface area contributed by atoms with E-state index in [0.29, 0.717) is 25.2 Å². The fourth-order valence-corrected chi connectivity index (χ4v) is 2.06. The Labute approximate surface area is 116 Å². The maximum absolute atomic E-state index is 11.9. The van der Waals surface area contributed by atoms with Crippen molar-refractivity contribution in [3.63, 3.8) is 0 Å². The highest BCUT2D eigenvalue weighted by molar-refractivity contribution is 5.76. The standard InChI is InChI=1S/C14H28N2O3/c1-5-11(2)16(8-9-18-3)10-13(14(17)19-4)15-12-6-7-12/h11-13,15H,5-10H2,1-4H3. The van der Waals surface area contributed by atoms with E-state index in [1.165, 1.54) is 7.11 Å². The maximum atomic E-state index is 11.9. The number of nitrogens with zero attached hydrogens (tertiary/aromatic N) is 1. The largest absolute Gasteiger partial charge is 0.468 e. The number of carbonyl (C=O) groups excluding carboxylic acids is 1. The Bertz CT molecular complexity index is 269. The molecule has 1 N–H and O–H groups in total. The molecule has 0 heterocycles. The first-order valence-electron chi connectivity index (χ1n) is 7.19. The van der Waals surface area contributed by atoms with Crippen molar-refractivity contribution >= 4 is 5.97 Å². The summed E-state index contributed by atoms with van der Waals surface area (Å²) in [6.45, 7) is 6.54. The number of methoxy groups -OCH3 is 2. The molecule has 1 fully saturated rings. The van der Waals surface area contributed by atoms with Gasteiger partial charge in [0.1, 0.15) is 6.04 Å². The number of esters is 1. The molecule has 0 bridgehead atoms. The van der Waals surface area contributed by atoms with E-state index >= 15 is 0 Å². The second-order valence-corrected chi connectivity index (χ2v) is 5.26. The Morgan fingerprint density at radius 1 is 1.42 bits per heavy atom.